The molecule has 2 nitrogen and oxygen atoms in total. The van der Waals surface area contributed by atoms with E-state index in [2.05, 4.69) is 17.3 Å². The molecular weight excluding hydrogens is 246 g/mol. The van der Waals surface area contributed by atoms with Crippen molar-refractivity contribution < 1.29 is 8.78 Å². The van der Waals surface area contributed by atoms with Gasteiger partial charge in [0, 0.05) is 18.7 Å². The van der Waals surface area contributed by atoms with E-state index < -0.39 is 6.43 Å². The smallest absolute Gasteiger partial charge is 0.263 e. The van der Waals surface area contributed by atoms with Crippen LogP contribution < -0.4 is 5.32 Å². The summed E-state index contributed by atoms with van der Waals surface area (Å²) in [5.74, 6) is 0.678. The van der Waals surface area contributed by atoms with Gasteiger partial charge in [-0.2, -0.15) is 0 Å². The van der Waals surface area contributed by atoms with Crippen LogP contribution in [0, 0.1) is 5.92 Å². The second kappa shape index (κ2) is 6.96. The lowest BCUT2D eigenvalue weighted by molar-refractivity contribution is 0.151. The molecule has 1 N–H and O–H groups in total. The minimum Gasteiger partial charge on any atom is -0.312 e. The van der Waals surface area contributed by atoms with Crippen molar-refractivity contribution in [2.75, 3.05) is 26.7 Å². The summed E-state index contributed by atoms with van der Waals surface area (Å²) in [6.07, 6.45) is 0.130. The van der Waals surface area contributed by atoms with Crippen molar-refractivity contribution in [2.45, 2.75) is 25.8 Å². The molecule has 1 fully saturated rings. The van der Waals surface area contributed by atoms with E-state index in [-0.39, 0.29) is 5.56 Å². The molecule has 4 heteroatoms. The summed E-state index contributed by atoms with van der Waals surface area (Å²) in [6.45, 7) is 3.95. The summed E-state index contributed by atoms with van der Waals surface area (Å²) in [5, 5.41) is 3.39. The van der Waals surface area contributed by atoms with Gasteiger partial charge >= 0.3 is 0 Å². The molecule has 1 atom stereocenters. The van der Waals surface area contributed by atoms with E-state index in [4.69, 9.17) is 0 Å². The Balaban J connectivity index is 1.77. The first-order valence-electron chi connectivity index (χ1n) is 6.91. The monoisotopic (exact) mass is 268 g/mol. The van der Waals surface area contributed by atoms with Crippen LogP contribution in [0.25, 0.3) is 0 Å². The number of nitrogens with zero attached hydrogens (tertiary/aromatic N) is 1. The molecule has 19 heavy (non-hydrogen) atoms. The molecule has 1 heterocycles. The van der Waals surface area contributed by atoms with Crippen LogP contribution in [0.1, 0.15) is 30.4 Å². The van der Waals surface area contributed by atoms with Crippen LogP contribution in [0.3, 0.4) is 0 Å². The first-order chi connectivity index (χ1) is 9.15. The number of hydrogen-bond donors (Lipinski definition) is 1. The van der Waals surface area contributed by atoms with Crippen LogP contribution >= 0.6 is 0 Å². The van der Waals surface area contributed by atoms with Gasteiger partial charge in [-0.1, -0.05) is 18.2 Å². The number of benzene rings is 1. The molecule has 1 aliphatic rings. The summed E-state index contributed by atoms with van der Waals surface area (Å²) in [4.78, 5) is 2.35. The Hall–Kier alpha value is -1.00. The predicted molar refractivity (Wildman–Crippen MR) is 73.3 cm³/mol. The van der Waals surface area contributed by atoms with Gasteiger partial charge < -0.3 is 10.2 Å². The molecule has 0 bridgehead atoms. The second-order valence-corrected chi connectivity index (χ2v) is 5.45. The maximum absolute atomic E-state index is 12.6. The molecule has 1 saturated heterocycles. The molecule has 1 aliphatic heterocycles. The fourth-order valence-corrected chi connectivity index (χ4v) is 2.70. The average molecular weight is 268 g/mol. The number of hydrogen-bond acceptors (Lipinski definition) is 2. The molecule has 0 radical (unpaired) electrons. The highest BCUT2D eigenvalue weighted by Crippen LogP contribution is 2.19. The summed E-state index contributed by atoms with van der Waals surface area (Å²) in [6, 6.07) is 6.66. The molecule has 0 saturated carbocycles. The van der Waals surface area contributed by atoms with E-state index in [0.29, 0.717) is 12.5 Å². The summed E-state index contributed by atoms with van der Waals surface area (Å²) in [5.41, 5.74) is 1.04. The van der Waals surface area contributed by atoms with E-state index in [1.807, 2.05) is 6.07 Å². The molecule has 1 aromatic rings. The van der Waals surface area contributed by atoms with Crippen LogP contribution in [0.2, 0.25) is 0 Å². The summed E-state index contributed by atoms with van der Waals surface area (Å²) in [7, 11) is 2.15. The van der Waals surface area contributed by atoms with Crippen LogP contribution in [0.15, 0.2) is 24.3 Å². The van der Waals surface area contributed by atoms with Gasteiger partial charge in [-0.25, -0.2) is 8.78 Å². The standard InChI is InChI=1S/C15H22F2N2/c1-19-7-3-5-13(11-19)10-18-9-12-4-2-6-14(8-12)15(16)17/h2,4,6,8,13,15,18H,3,5,7,9-11H2,1H3. The largest absolute Gasteiger partial charge is 0.312 e. The van der Waals surface area contributed by atoms with E-state index in [9.17, 15) is 8.78 Å². The molecule has 0 aliphatic carbocycles. The van der Waals surface area contributed by atoms with Crippen molar-refractivity contribution in [2.24, 2.45) is 5.92 Å². The van der Waals surface area contributed by atoms with Crippen molar-refractivity contribution in [1.82, 2.24) is 10.2 Å². The first-order valence-corrected chi connectivity index (χ1v) is 6.91. The van der Waals surface area contributed by atoms with E-state index in [0.717, 1.165) is 18.7 Å². The van der Waals surface area contributed by atoms with Gasteiger partial charge in [-0.3, -0.25) is 0 Å². The lowest BCUT2D eigenvalue weighted by atomic mass is 9.98. The van der Waals surface area contributed by atoms with Gasteiger partial charge in [-0.05, 0) is 50.5 Å². The second-order valence-electron chi connectivity index (χ2n) is 5.45. The Morgan fingerprint density at radius 1 is 1.42 bits per heavy atom. The zero-order valence-corrected chi connectivity index (χ0v) is 11.4. The van der Waals surface area contributed by atoms with Gasteiger partial charge in [-0.15, -0.1) is 0 Å². The SMILES string of the molecule is CN1CCCC(CNCc2cccc(C(F)F)c2)C1. The fraction of sp³-hybridized carbons (Fsp3) is 0.600. The normalized spacial score (nSPS) is 20.9. The lowest BCUT2D eigenvalue weighted by Crippen LogP contribution is -2.37. The maximum atomic E-state index is 12.6. The van der Waals surface area contributed by atoms with Crippen molar-refractivity contribution >= 4 is 0 Å². The fourth-order valence-electron chi connectivity index (χ4n) is 2.70. The van der Waals surface area contributed by atoms with Crippen LogP contribution in [0.5, 0.6) is 0 Å². The molecule has 106 valence electrons. The molecular formula is C15H22F2N2. The average Bonchev–Trinajstić information content (AvgIpc) is 2.39. The topological polar surface area (TPSA) is 15.3 Å². The van der Waals surface area contributed by atoms with E-state index >= 15 is 0 Å². The Kier molecular flexibility index (Phi) is 5.28. The molecule has 1 aromatic carbocycles. The highest BCUT2D eigenvalue weighted by molar-refractivity contribution is 5.24. The Bertz CT molecular complexity index is 395. The number of halogens is 2. The summed E-state index contributed by atoms with van der Waals surface area (Å²) >= 11 is 0. The highest BCUT2D eigenvalue weighted by atomic mass is 19.3. The lowest BCUT2D eigenvalue weighted by Gasteiger charge is -2.29. The van der Waals surface area contributed by atoms with Gasteiger partial charge in [0.25, 0.3) is 6.43 Å². The Labute approximate surface area is 113 Å². The van der Waals surface area contributed by atoms with Gasteiger partial charge in [0.15, 0.2) is 0 Å². The minimum atomic E-state index is -2.38. The number of rotatable bonds is 5. The zero-order valence-electron chi connectivity index (χ0n) is 11.4. The predicted octanol–water partition coefficient (Wildman–Crippen LogP) is 3.06. The summed E-state index contributed by atoms with van der Waals surface area (Å²) < 4.78 is 25.2. The third kappa shape index (κ3) is 4.55. The number of alkyl halides is 2. The quantitative estimate of drug-likeness (QED) is 0.883. The molecule has 2 rings (SSSR count). The van der Waals surface area contributed by atoms with E-state index in [1.165, 1.54) is 25.5 Å². The number of nitrogens with one attached hydrogen (secondary N) is 1. The third-order valence-corrected chi connectivity index (χ3v) is 3.69. The van der Waals surface area contributed by atoms with Crippen molar-refractivity contribution in [3.8, 4) is 0 Å². The van der Waals surface area contributed by atoms with Crippen LogP contribution in [-0.2, 0) is 6.54 Å². The van der Waals surface area contributed by atoms with Crippen molar-refractivity contribution in [3.05, 3.63) is 35.4 Å². The molecule has 0 spiro atoms. The minimum absolute atomic E-state index is 0.108. The number of piperidine rings is 1. The molecule has 0 aromatic heterocycles. The van der Waals surface area contributed by atoms with Gasteiger partial charge in [0.2, 0.25) is 0 Å². The molecule has 0 amide bonds. The Morgan fingerprint density at radius 3 is 3.00 bits per heavy atom. The van der Waals surface area contributed by atoms with E-state index in [1.54, 1.807) is 12.1 Å². The van der Waals surface area contributed by atoms with Gasteiger partial charge in [0.05, 0.1) is 0 Å². The van der Waals surface area contributed by atoms with Crippen LogP contribution in [-0.4, -0.2) is 31.6 Å². The van der Waals surface area contributed by atoms with Crippen molar-refractivity contribution in [3.63, 3.8) is 0 Å². The zero-order chi connectivity index (χ0) is 13.7. The first kappa shape index (κ1) is 14.4. The highest BCUT2D eigenvalue weighted by Gasteiger charge is 2.16. The Morgan fingerprint density at radius 2 is 2.26 bits per heavy atom. The maximum Gasteiger partial charge on any atom is 0.263 e. The van der Waals surface area contributed by atoms with Crippen LogP contribution in [0.4, 0.5) is 8.78 Å². The number of likely N-dealkylation sites (tertiary alicyclic amines) is 1. The van der Waals surface area contributed by atoms with Gasteiger partial charge in [0.1, 0.15) is 0 Å². The van der Waals surface area contributed by atoms with Crippen molar-refractivity contribution in [1.29, 1.82) is 0 Å². The molecule has 1 unspecified atom stereocenters. The third-order valence-electron chi connectivity index (χ3n) is 3.69.